The lowest BCUT2D eigenvalue weighted by molar-refractivity contribution is 0.656. The average molecular weight is 266 g/mol. The summed E-state index contributed by atoms with van der Waals surface area (Å²) in [5, 5.41) is 19.2. The monoisotopic (exact) mass is 266 g/mol. The van der Waals surface area contributed by atoms with Gasteiger partial charge >= 0.3 is 0 Å². The number of aromatic nitrogens is 3. The molecule has 0 aliphatic heterocycles. The van der Waals surface area contributed by atoms with Gasteiger partial charge in [-0.2, -0.15) is 5.26 Å². The number of rotatable bonds is 3. The van der Waals surface area contributed by atoms with E-state index in [-0.39, 0.29) is 0 Å². The van der Waals surface area contributed by atoms with Gasteiger partial charge in [-0.1, -0.05) is 41.6 Å². The van der Waals surface area contributed by atoms with Crippen molar-refractivity contribution in [1.29, 1.82) is 5.26 Å². The second-order valence-electron chi connectivity index (χ2n) is 4.02. The maximum Gasteiger partial charge on any atom is 0.191 e. The molecule has 0 unspecified atom stereocenters. The van der Waals surface area contributed by atoms with Crippen LogP contribution in [-0.2, 0) is 6.54 Å². The summed E-state index contributed by atoms with van der Waals surface area (Å²) in [6.07, 6.45) is 0. The smallest absolute Gasteiger partial charge is 0.191 e. The Labute approximate surface area is 114 Å². The van der Waals surface area contributed by atoms with Gasteiger partial charge < -0.3 is 0 Å². The predicted octanol–water partition coefficient (Wildman–Crippen LogP) is 2.93. The molecular weight excluding hydrogens is 256 g/mol. The first-order valence-electron chi connectivity index (χ1n) is 5.80. The molecule has 2 heterocycles. The van der Waals surface area contributed by atoms with Gasteiger partial charge in [0, 0.05) is 0 Å². The lowest BCUT2D eigenvalue weighted by Gasteiger charge is -2.04. The van der Waals surface area contributed by atoms with Crippen LogP contribution in [0.3, 0.4) is 0 Å². The summed E-state index contributed by atoms with van der Waals surface area (Å²) in [4.78, 5) is 1.01. The molecular formula is C14H10N4S. The molecule has 0 aliphatic rings. The van der Waals surface area contributed by atoms with Crippen molar-refractivity contribution in [2.45, 2.75) is 6.54 Å². The molecule has 0 fully saturated rings. The molecule has 92 valence electrons. The van der Waals surface area contributed by atoms with Crippen LogP contribution in [-0.4, -0.2) is 15.0 Å². The lowest BCUT2D eigenvalue weighted by Crippen LogP contribution is -2.03. The fourth-order valence-electron chi connectivity index (χ4n) is 1.91. The van der Waals surface area contributed by atoms with Gasteiger partial charge in [0.1, 0.15) is 11.8 Å². The van der Waals surface area contributed by atoms with Crippen LogP contribution in [0.4, 0.5) is 0 Å². The Balaban J connectivity index is 2.04. The molecule has 0 saturated heterocycles. The van der Waals surface area contributed by atoms with Crippen LogP contribution >= 0.6 is 11.3 Å². The molecule has 2 aromatic heterocycles. The minimum absolute atomic E-state index is 0.374. The highest BCUT2D eigenvalue weighted by atomic mass is 32.1. The third-order valence-electron chi connectivity index (χ3n) is 2.77. The molecule has 19 heavy (non-hydrogen) atoms. The van der Waals surface area contributed by atoms with Crippen molar-refractivity contribution in [2.24, 2.45) is 0 Å². The van der Waals surface area contributed by atoms with Gasteiger partial charge in [0.25, 0.3) is 0 Å². The van der Waals surface area contributed by atoms with Crippen molar-refractivity contribution in [1.82, 2.24) is 15.0 Å². The van der Waals surface area contributed by atoms with Crippen LogP contribution in [0.25, 0.3) is 10.6 Å². The van der Waals surface area contributed by atoms with Crippen LogP contribution in [0.15, 0.2) is 47.8 Å². The first-order valence-corrected chi connectivity index (χ1v) is 6.68. The second-order valence-corrected chi connectivity index (χ2v) is 4.97. The largest absolute Gasteiger partial charge is 0.238 e. The zero-order valence-electron chi connectivity index (χ0n) is 10.0. The molecule has 0 aliphatic carbocycles. The van der Waals surface area contributed by atoms with Gasteiger partial charge in [0.15, 0.2) is 5.69 Å². The number of thiophene rings is 1. The summed E-state index contributed by atoms with van der Waals surface area (Å²) >= 11 is 1.58. The van der Waals surface area contributed by atoms with E-state index < -0.39 is 0 Å². The van der Waals surface area contributed by atoms with E-state index in [9.17, 15) is 0 Å². The number of benzene rings is 1. The van der Waals surface area contributed by atoms with E-state index in [0.29, 0.717) is 12.2 Å². The van der Waals surface area contributed by atoms with E-state index in [1.54, 1.807) is 16.0 Å². The quantitative estimate of drug-likeness (QED) is 0.732. The molecule has 0 bridgehead atoms. The maximum absolute atomic E-state index is 9.14. The van der Waals surface area contributed by atoms with E-state index in [1.807, 2.05) is 47.8 Å². The van der Waals surface area contributed by atoms with Crippen LogP contribution in [0.5, 0.6) is 0 Å². The Bertz CT molecular complexity index is 708. The summed E-state index contributed by atoms with van der Waals surface area (Å²) in [6.45, 7) is 0.614. The molecule has 0 radical (unpaired) electrons. The molecule has 3 aromatic rings. The van der Waals surface area contributed by atoms with Gasteiger partial charge in [0.05, 0.1) is 11.4 Å². The van der Waals surface area contributed by atoms with Crippen molar-refractivity contribution in [3.05, 3.63) is 59.1 Å². The highest BCUT2D eigenvalue weighted by Gasteiger charge is 2.15. The van der Waals surface area contributed by atoms with Crippen LogP contribution in [0, 0.1) is 11.3 Å². The second kappa shape index (κ2) is 5.04. The van der Waals surface area contributed by atoms with Crippen molar-refractivity contribution in [2.75, 3.05) is 0 Å². The van der Waals surface area contributed by atoms with Crippen molar-refractivity contribution >= 4 is 11.3 Å². The normalized spacial score (nSPS) is 10.3. The molecule has 4 nitrogen and oxygen atoms in total. The molecule has 5 heteroatoms. The Kier molecular flexibility index (Phi) is 3.09. The summed E-state index contributed by atoms with van der Waals surface area (Å²) in [7, 11) is 0. The summed E-state index contributed by atoms with van der Waals surface area (Å²) in [5.41, 5.74) is 2.30. The van der Waals surface area contributed by atoms with Gasteiger partial charge in [-0.3, -0.25) is 0 Å². The van der Waals surface area contributed by atoms with E-state index >= 15 is 0 Å². The van der Waals surface area contributed by atoms with Crippen molar-refractivity contribution < 1.29 is 0 Å². The Morgan fingerprint density at radius 1 is 1.16 bits per heavy atom. The van der Waals surface area contributed by atoms with E-state index in [2.05, 4.69) is 16.4 Å². The third kappa shape index (κ3) is 2.26. The maximum atomic E-state index is 9.14. The summed E-state index contributed by atoms with van der Waals surface area (Å²) in [5.74, 6) is 0. The number of nitrogens with zero attached hydrogens (tertiary/aromatic N) is 4. The SMILES string of the molecule is N#Cc1nnn(Cc2ccccc2)c1-c1cccs1. The van der Waals surface area contributed by atoms with Gasteiger partial charge in [-0.05, 0) is 17.0 Å². The fraction of sp³-hybridized carbons (Fsp3) is 0.0714. The number of hydrogen-bond acceptors (Lipinski definition) is 4. The minimum atomic E-state index is 0.374. The minimum Gasteiger partial charge on any atom is -0.238 e. The lowest BCUT2D eigenvalue weighted by atomic mass is 10.2. The molecule has 1 aromatic carbocycles. The topological polar surface area (TPSA) is 54.5 Å². The van der Waals surface area contributed by atoms with Crippen LogP contribution in [0.1, 0.15) is 11.3 Å². The first kappa shape index (κ1) is 11.6. The molecule has 0 N–H and O–H groups in total. The molecule has 0 saturated carbocycles. The van der Waals surface area contributed by atoms with Crippen LogP contribution in [0.2, 0.25) is 0 Å². The van der Waals surface area contributed by atoms with Crippen LogP contribution < -0.4 is 0 Å². The molecule has 3 rings (SSSR count). The zero-order valence-corrected chi connectivity index (χ0v) is 10.8. The summed E-state index contributed by atoms with van der Waals surface area (Å²) < 4.78 is 1.78. The molecule has 0 spiro atoms. The Hall–Kier alpha value is -2.45. The highest BCUT2D eigenvalue weighted by Crippen LogP contribution is 2.27. The van der Waals surface area contributed by atoms with E-state index in [4.69, 9.17) is 5.26 Å². The van der Waals surface area contributed by atoms with Crippen molar-refractivity contribution in [3.63, 3.8) is 0 Å². The van der Waals surface area contributed by atoms with E-state index in [1.165, 1.54) is 0 Å². The van der Waals surface area contributed by atoms with Gasteiger partial charge in [-0.15, -0.1) is 16.4 Å². The van der Waals surface area contributed by atoms with Gasteiger partial charge in [0.2, 0.25) is 0 Å². The predicted molar refractivity (Wildman–Crippen MR) is 73.6 cm³/mol. The molecule has 0 amide bonds. The van der Waals surface area contributed by atoms with Crippen molar-refractivity contribution in [3.8, 4) is 16.6 Å². The standard InChI is InChI=1S/C14H10N4S/c15-9-12-14(13-7-4-8-19-13)18(17-16-12)10-11-5-2-1-3-6-11/h1-8H,10H2. The number of hydrogen-bond donors (Lipinski definition) is 0. The summed E-state index contributed by atoms with van der Waals surface area (Å²) in [6, 6.07) is 16.1. The first-order chi connectivity index (χ1) is 9.38. The molecule has 0 atom stereocenters. The Morgan fingerprint density at radius 2 is 2.00 bits per heavy atom. The Morgan fingerprint density at radius 3 is 2.68 bits per heavy atom. The van der Waals surface area contributed by atoms with E-state index in [0.717, 1.165) is 16.1 Å². The third-order valence-corrected chi connectivity index (χ3v) is 3.65. The van der Waals surface area contributed by atoms with Gasteiger partial charge in [-0.25, -0.2) is 4.68 Å². The highest BCUT2D eigenvalue weighted by molar-refractivity contribution is 7.13. The number of nitriles is 1. The fourth-order valence-corrected chi connectivity index (χ4v) is 2.69. The zero-order chi connectivity index (χ0) is 13.1. The average Bonchev–Trinajstić information content (AvgIpc) is 3.08.